The van der Waals surface area contributed by atoms with E-state index in [2.05, 4.69) is 5.32 Å². The van der Waals surface area contributed by atoms with Crippen LogP contribution >= 0.6 is 0 Å². The molecule has 0 saturated heterocycles. The summed E-state index contributed by atoms with van der Waals surface area (Å²) < 4.78 is 26.3. The van der Waals surface area contributed by atoms with Gasteiger partial charge in [0, 0.05) is 24.3 Å². The Morgan fingerprint density at radius 2 is 1.73 bits per heavy atom. The second-order valence-corrected chi connectivity index (χ2v) is 8.55. The summed E-state index contributed by atoms with van der Waals surface area (Å²) in [7, 11) is -2.01. The number of nitrogens with zero attached hydrogens (tertiary/aromatic N) is 1. The van der Waals surface area contributed by atoms with Crippen LogP contribution in [0, 0.1) is 6.92 Å². The predicted molar refractivity (Wildman–Crippen MR) is 105 cm³/mol. The summed E-state index contributed by atoms with van der Waals surface area (Å²) in [6, 6.07) is 11.8. The van der Waals surface area contributed by atoms with Crippen LogP contribution in [0.4, 0.5) is 5.69 Å². The van der Waals surface area contributed by atoms with Crippen LogP contribution in [0.25, 0.3) is 0 Å². The second-order valence-electron chi connectivity index (χ2n) is 6.56. The van der Waals surface area contributed by atoms with Gasteiger partial charge >= 0.3 is 0 Å². The lowest BCUT2D eigenvalue weighted by Crippen LogP contribution is -2.33. The number of carbonyl (C=O) groups excluding carboxylic acids is 1. The maximum Gasteiger partial charge on any atom is 0.255 e. The zero-order chi connectivity index (χ0) is 19.5. The molecule has 2 rings (SSSR count). The Labute approximate surface area is 156 Å². The van der Waals surface area contributed by atoms with Crippen LogP contribution in [0.3, 0.4) is 0 Å². The summed E-state index contributed by atoms with van der Waals surface area (Å²) in [6.07, 6.45) is 0.815. The van der Waals surface area contributed by atoms with Crippen molar-refractivity contribution in [2.24, 2.45) is 0 Å². The van der Waals surface area contributed by atoms with E-state index in [0.717, 1.165) is 23.2 Å². The van der Waals surface area contributed by atoms with Crippen LogP contribution in [0.15, 0.2) is 47.4 Å². The van der Waals surface area contributed by atoms with Crippen molar-refractivity contribution in [3.05, 3.63) is 59.2 Å². The van der Waals surface area contributed by atoms with Gasteiger partial charge in [0.15, 0.2) is 0 Å². The maximum absolute atomic E-state index is 12.6. The highest BCUT2D eigenvalue weighted by Gasteiger charge is 2.23. The fraction of sp³-hybridized carbons (Fsp3) is 0.350. The molecule has 5 nitrogen and oxygen atoms in total. The number of sulfonamides is 1. The average Bonchev–Trinajstić information content (AvgIpc) is 2.62. The fourth-order valence-corrected chi connectivity index (χ4v) is 3.98. The predicted octanol–water partition coefficient (Wildman–Crippen LogP) is 3.84. The normalized spacial score (nSPS) is 11.8. The summed E-state index contributed by atoms with van der Waals surface area (Å²) in [5, 5.41) is 2.95. The van der Waals surface area contributed by atoms with E-state index in [1.807, 2.05) is 45.9 Å². The molecule has 140 valence electrons. The minimum absolute atomic E-state index is 0.142. The van der Waals surface area contributed by atoms with Gasteiger partial charge in [-0.3, -0.25) is 4.79 Å². The Morgan fingerprint density at radius 1 is 1.12 bits per heavy atom. The van der Waals surface area contributed by atoms with Crippen molar-refractivity contribution in [1.29, 1.82) is 0 Å². The van der Waals surface area contributed by atoms with Crippen molar-refractivity contribution in [1.82, 2.24) is 4.31 Å². The van der Waals surface area contributed by atoms with Gasteiger partial charge in [0.1, 0.15) is 0 Å². The van der Waals surface area contributed by atoms with Crippen molar-refractivity contribution < 1.29 is 13.2 Å². The topological polar surface area (TPSA) is 66.5 Å². The Kier molecular flexibility index (Phi) is 6.21. The molecule has 0 bridgehead atoms. The Morgan fingerprint density at radius 3 is 2.27 bits per heavy atom. The first kappa shape index (κ1) is 20.1. The van der Waals surface area contributed by atoms with Gasteiger partial charge in [-0.1, -0.05) is 25.1 Å². The monoisotopic (exact) mass is 374 g/mol. The Bertz CT molecular complexity index is 888. The SMILES string of the molecule is CCc1cccc(C)c1NC(=O)c1ccc(S(=O)(=O)N(C)C(C)C)cc1. The number of amides is 1. The lowest BCUT2D eigenvalue weighted by atomic mass is 10.1. The number of hydrogen-bond acceptors (Lipinski definition) is 3. The Balaban J connectivity index is 2.25. The number of hydrogen-bond donors (Lipinski definition) is 1. The van der Waals surface area contributed by atoms with Crippen molar-refractivity contribution in [3.8, 4) is 0 Å². The standard InChI is InChI=1S/C20H26N2O3S/c1-6-16-9-7-8-15(4)19(16)21-20(23)17-10-12-18(13-11-17)26(24,25)22(5)14(2)3/h7-14H,6H2,1-5H3,(H,21,23). The molecule has 0 saturated carbocycles. The molecule has 0 unspecified atom stereocenters. The summed E-state index contributed by atoms with van der Waals surface area (Å²) in [6.45, 7) is 7.61. The molecule has 0 aliphatic carbocycles. The molecular formula is C20H26N2O3S. The molecule has 0 fully saturated rings. The summed E-state index contributed by atoms with van der Waals surface area (Å²) in [4.78, 5) is 12.7. The molecule has 1 N–H and O–H groups in total. The molecule has 0 aliphatic heterocycles. The van der Waals surface area contributed by atoms with E-state index in [9.17, 15) is 13.2 Å². The third kappa shape index (κ3) is 4.14. The molecule has 1 amide bonds. The van der Waals surface area contributed by atoms with E-state index in [4.69, 9.17) is 0 Å². The van der Waals surface area contributed by atoms with Crippen molar-refractivity contribution >= 4 is 21.6 Å². The van der Waals surface area contributed by atoms with Crippen LogP contribution in [0.1, 0.15) is 42.3 Å². The molecule has 0 spiro atoms. The third-order valence-corrected chi connectivity index (χ3v) is 6.55. The van der Waals surface area contributed by atoms with Gasteiger partial charge in [-0.15, -0.1) is 0 Å². The minimum atomic E-state index is -3.56. The van der Waals surface area contributed by atoms with Gasteiger partial charge < -0.3 is 5.32 Å². The van der Waals surface area contributed by atoms with Crippen molar-refractivity contribution in [2.75, 3.05) is 12.4 Å². The highest BCUT2D eigenvalue weighted by molar-refractivity contribution is 7.89. The smallest absolute Gasteiger partial charge is 0.255 e. The molecule has 0 heterocycles. The molecule has 26 heavy (non-hydrogen) atoms. The van der Waals surface area contributed by atoms with Crippen molar-refractivity contribution in [3.63, 3.8) is 0 Å². The van der Waals surface area contributed by atoms with Gasteiger partial charge in [0.05, 0.1) is 4.90 Å². The van der Waals surface area contributed by atoms with Crippen LogP contribution in [-0.2, 0) is 16.4 Å². The zero-order valence-electron chi connectivity index (χ0n) is 15.9. The molecule has 2 aromatic rings. The molecule has 0 aliphatic rings. The highest BCUT2D eigenvalue weighted by atomic mass is 32.2. The van der Waals surface area contributed by atoms with Gasteiger partial charge in [-0.05, 0) is 62.6 Å². The highest BCUT2D eigenvalue weighted by Crippen LogP contribution is 2.22. The minimum Gasteiger partial charge on any atom is -0.321 e. The van der Waals surface area contributed by atoms with E-state index in [-0.39, 0.29) is 16.8 Å². The number of para-hydroxylation sites is 1. The molecular weight excluding hydrogens is 348 g/mol. The van der Waals surface area contributed by atoms with Gasteiger partial charge in [-0.25, -0.2) is 8.42 Å². The van der Waals surface area contributed by atoms with Gasteiger partial charge in [0.25, 0.3) is 5.91 Å². The number of nitrogens with one attached hydrogen (secondary N) is 1. The maximum atomic E-state index is 12.6. The van der Waals surface area contributed by atoms with Crippen LogP contribution in [0.2, 0.25) is 0 Å². The molecule has 6 heteroatoms. The van der Waals surface area contributed by atoms with Crippen LogP contribution in [0.5, 0.6) is 0 Å². The van der Waals surface area contributed by atoms with Crippen LogP contribution in [-0.4, -0.2) is 31.7 Å². The number of carbonyl (C=O) groups is 1. The van der Waals surface area contributed by atoms with Gasteiger partial charge in [-0.2, -0.15) is 4.31 Å². The van der Waals surface area contributed by atoms with Crippen LogP contribution < -0.4 is 5.32 Å². The first-order valence-corrected chi connectivity index (χ1v) is 10.1. The first-order valence-electron chi connectivity index (χ1n) is 8.66. The third-order valence-electron chi connectivity index (χ3n) is 4.50. The molecule has 0 radical (unpaired) electrons. The summed E-state index contributed by atoms with van der Waals surface area (Å²) >= 11 is 0. The van der Waals surface area contributed by atoms with E-state index >= 15 is 0 Å². The number of benzene rings is 2. The number of anilines is 1. The number of aryl methyl sites for hydroxylation is 2. The quantitative estimate of drug-likeness (QED) is 0.835. The molecule has 2 aromatic carbocycles. The lowest BCUT2D eigenvalue weighted by Gasteiger charge is -2.21. The van der Waals surface area contributed by atoms with E-state index in [1.165, 1.54) is 16.4 Å². The van der Waals surface area contributed by atoms with Gasteiger partial charge in [0.2, 0.25) is 10.0 Å². The first-order chi connectivity index (χ1) is 12.2. The average molecular weight is 375 g/mol. The second kappa shape index (κ2) is 8.01. The summed E-state index contributed by atoms with van der Waals surface area (Å²) in [5.41, 5.74) is 3.30. The number of rotatable bonds is 6. The zero-order valence-corrected chi connectivity index (χ0v) is 16.7. The fourth-order valence-electron chi connectivity index (χ4n) is 2.61. The van der Waals surface area contributed by atoms with Crippen molar-refractivity contribution in [2.45, 2.75) is 45.1 Å². The van der Waals surface area contributed by atoms with E-state index in [1.54, 1.807) is 19.2 Å². The van der Waals surface area contributed by atoms with E-state index in [0.29, 0.717) is 5.56 Å². The molecule has 0 atom stereocenters. The molecule has 0 aromatic heterocycles. The lowest BCUT2D eigenvalue weighted by molar-refractivity contribution is 0.102. The largest absolute Gasteiger partial charge is 0.321 e. The Hall–Kier alpha value is -2.18. The summed E-state index contributed by atoms with van der Waals surface area (Å²) in [5.74, 6) is -0.254. The van der Waals surface area contributed by atoms with E-state index < -0.39 is 10.0 Å².